The Morgan fingerprint density at radius 2 is 1.89 bits per heavy atom. The van der Waals surface area contributed by atoms with E-state index < -0.39 is 11.8 Å². The van der Waals surface area contributed by atoms with Gasteiger partial charge in [0.25, 0.3) is 0 Å². The fraction of sp³-hybridized carbons (Fsp3) is 0.400. The zero-order valence-electron chi connectivity index (χ0n) is 11.2. The molecular weight excluding hydrogens is 240 g/mol. The molecule has 1 N–H and O–H groups in total. The molecule has 1 unspecified atom stereocenters. The van der Waals surface area contributed by atoms with Crippen molar-refractivity contribution in [2.24, 2.45) is 11.8 Å². The molecule has 0 radical (unpaired) electrons. The van der Waals surface area contributed by atoms with Crippen molar-refractivity contribution in [1.82, 2.24) is 5.32 Å². The lowest BCUT2D eigenvalue weighted by Crippen LogP contribution is -2.34. The fourth-order valence-electron chi connectivity index (χ4n) is 1.68. The van der Waals surface area contributed by atoms with E-state index >= 15 is 0 Å². The second-order valence-corrected chi connectivity index (χ2v) is 4.83. The van der Waals surface area contributed by atoms with Crippen LogP contribution in [-0.2, 0) is 16.1 Å². The Morgan fingerprint density at radius 3 is 2.42 bits per heavy atom. The summed E-state index contributed by atoms with van der Waals surface area (Å²) in [4.78, 5) is 23.6. The third kappa shape index (κ3) is 4.92. The maximum atomic E-state index is 11.8. The first kappa shape index (κ1) is 14.9. The fourth-order valence-corrected chi connectivity index (χ4v) is 1.68. The van der Waals surface area contributed by atoms with Crippen LogP contribution in [0.15, 0.2) is 30.3 Å². The highest BCUT2D eigenvalue weighted by atomic mass is 16.2. The van der Waals surface area contributed by atoms with E-state index in [1.807, 2.05) is 44.2 Å². The van der Waals surface area contributed by atoms with Gasteiger partial charge in [-0.05, 0) is 11.5 Å². The molecule has 0 aliphatic heterocycles. The minimum absolute atomic E-state index is 0.144. The van der Waals surface area contributed by atoms with Crippen LogP contribution in [0.4, 0.5) is 0 Å². The molecule has 1 rings (SSSR count). The van der Waals surface area contributed by atoms with Gasteiger partial charge in [0.2, 0.25) is 5.91 Å². The number of nitrogens with one attached hydrogen (secondary N) is 1. The molecule has 0 aliphatic carbocycles. The van der Waals surface area contributed by atoms with Gasteiger partial charge in [-0.1, -0.05) is 44.2 Å². The standard InChI is InChI=1S/C15H18N2O2/c1-11(2)8-14(18)13(9-16)15(19)17-10-12-6-4-3-5-7-12/h3-7,11,13H,8,10H2,1-2H3,(H,17,19). The Kier molecular flexibility index (Phi) is 5.74. The largest absolute Gasteiger partial charge is 0.350 e. The summed E-state index contributed by atoms with van der Waals surface area (Å²) in [7, 11) is 0. The van der Waals surface area contributed by atoms with Crippen molar-refractivity contribution < 1.29 is 9.59 Å². The van der Waals surface area contributed by atoms with E-state index in [2.05, 4.69) is 5.32 Å². The van der Waals surface area contributed by atoms with Crippen molar-refractivity contribution in [2.45, 2.75) is 26.8 Å². The molecule has 0 saturated carbocycles. The van der Waals surface area contributed by atoms with Gasteiger partial charge in [0, 0.05) is 13.0 Å². The third-order valence-corrected chi connectivity index (χ3v) is 2.63. The molecule has 19 heavy (non-hydrogen) atoms. The average molecular weight is 258 g/mol. The van der Waals surface area contributed by atoms with Crippen molar-refractivity contribution in [3.05, 3.63) is 35.9 Å². The molecule has 0 spiro atoms. The second kappa shape index (κ2) is 7.32. The summed E-state index contributed by atoms with van der Waals surface area (Å²) in [6.07, 6.45) is 0.247. The first-order chi connectivity index (χ1) is 9.04. The van der Waals surface area contributed by atoms with Crippen LogP contribution in [0.25, 0.3) is 0 Å². The van der Waals surface area contributed by atoms with Crippen LogP contribution < -0.4 is 5.32 Å². The monoisotopic (exact) mass is 258 g/mol. The van der Waals surface area contributed by atoms with Crippen LogP contribution in [0.3, 0.4) is 0 Å². The number of hydrogen-bond donors (Lipinski definition) is 1. The van der Waals surface area contributed by atoms with Crippen LogP contribution in [0.1, 0.15) is 25.8 Å². The molecule has 4 nitrogen and oxygen atoms in total. The highest BCUT2D eigenvalue weighted by Gasteiger charge is 2.26. The van der Waals surface area contributed by atoms with E-state index in [0.717, 1.165) is 5.56 Å². The van der Waals surface area contributed by atoms with Crippen molar-refractivity contribution in [3.63, 3.8) is 0 Å². The molecule has 0 bridgehead atoms. The molecule has 1 amide bonds. The summed E-state index contributed by atoms with van der Waals surface area (Å²) in [6, 6.07) is 11.1. The Balaban J connectivity index is 2.56. The number of ketones is 1. The smallest absolute Gasteiger partial charge is 0.245 e. The van der Waals surface area contributed by atoms with E-state index in [1.165, 1.54) is 0 Å². The Hall–Kier alpha value is -2.15. The van der Waals surface area contributed by atoms with Gasteiger partial charge in [-0.3, -0.25) is 9.59 Å². The summed E-state index contributed by atoms with van der Waals surface area (Å²) in [5.41, 5.74) is 0.934. The number of nitrogens with zero attached hydrogens (tertiary/aromatic N) is 1. The topological polar surface area (TPSA) is 70.0 Å². The number of carbonyl (C=O) groups excluding carboxylic acids is 2. The van der Waals surface area contributed by atoms with Gasteiger partial charge < -0.3 is 5.32 Å². The van der Waals surface area contributed by atoms with Crippen molar-refractivity contribution >= 4 is 11.7 Å². The Bertz CT molecular complexity index is 475. The van der Waals surface area contributed by atoms with E-state index in [4.69, 9.17) is 5.26 Å². The molecule has 1 atom stereocenters. The summed E-state index contributed by atoms with van der Waals surface area (Å²) < 4.78 is 0. The normalized spacial score (nSPS) is 11.7. The van der Waals surface area contributed by atoms with Crippen LogP contribution >= 0.6 is 0 Å². The SMILES string of the molecule is CC(C)CC(=O)C(C#N)C(=O)NCc1ccccc1. The number of rotatable bonds is 6. The number of hydrogen-bond acceptors (Lipinski definition) is 3. The van der Waals surface area contributed by atoms with E-state index in [9.17, 15) is 9.59 Å². The van der Waals surface area contributed by atoms with Gasteiger partial charge in [0.15, 0.2) is 11.7 Å². The number of benzene rings is 1. The van der Waals surface area contributed by atoms with Crippen molar-refractivity contribution in [3.8, 4) is 6.07 Å². The third-order valence-electron chi connectivity index (χ3n) is 2.63. The number of nitriles is 1. The summed E-state index contributed by atoms with van der Waals surface area (Å²) >= 11 is 0. The number of amides is 1. The predicted octanol–water partition coefficient (Wildman–Crippen LogP) is 2.06. The zero-order chi connectivity index (χ0) is 14.3. The molecule has 0 saturated heterocycles. The van der Waals surface area contributed by atoms with Gasteiger partial charge in [-0.2, -0.15) is 5.26 Å². The zero-order valence-corrected chi connectivity index (χ0v) is 11.2. The molecule has 4 heteroatoms. The van der Waals surface area contributed by atoms with Crippen molar-refractivity contribution in [2.75, 3.05) is 0 Å². The highest BCUT2D eigenvalue weighted by molar-refractivity contribution is 6.03. The lowest BCUT2D eigenvalue weighted by molar-refractivity contribution is -0.132. The summed E-state index contributed by atoms with van der Waals surface area (Å²) in [5.74, 6) is -1.89. The molecule has 0 aliphatic rings. The first-order valence-electron chi connectivity index (χ1n) is 6.28. The van der Waals surface area contributed by atoms with Crippen LogP contribution in [0.5, 0.6) is 0 Å². The van der Waals surface area contributed by atoms with Gasteiger partial charge in [0.1, 0.15) is 0 Å². The van der Waals surface area contributed by atoms with Gasteiger partial charge in [-0.25, -0.2) is 0 Å². The average Bonchev–Trinajstić information content (AvgIpc) is 2.37. The minimum atomic E-state index is -1.20. The molecule has 1 aromatic carbocycles. The van der Waals surface area contributed by atoms with Gasteiger partial charge in [-0.15, -0.1) is 0 Å². The van der Waals surface area contributed by atoms with Crippen molar-refractivity contribution in [1.29, 1.82) is 5.26 Å². The molecular formula is C15H18N2O2. The Morgan fingerprint density at radius 1 is 1.26 bits per heavy atom. The Labute approximate surface area is 113 Å². The molecule has 0 aromatic heterocycles. The number of carbonyl (C=O) groups is 2. The summed E-state index contributed by atoms with van der Waals surface area (Å²) in [6.45, 7) is 4.09. The number of Topliss-reactive ketones (excluding diaryl/α,β-unsaturated/α-hetero) is 1. The maximum absolute atomic E-state index is 11.8. The van der Waals surface area contributed by atoms with E-state index in [-0.39, 0.29) is 18.1 Å². The van der Waals surface area contributed by atoms with Crippen LogP contribution in [-0.4, -0.2) is 11.7 Å². The molecule has 0 fully saturated rings. The predicted molar refractivity (Wildman–Crippen MR) is 71.9 cm³/mol. The molecule has 0 heterocycles. The maximum Gasteiger partial charge on any atom is 0.245 e. The lowest BCUT2D eigenvalue weighted by atomic mass is 9.96. The molecule has 1 aromatic rings. The van der Waals surface area contributed by atoms with E-state index in [0.29, 0.717) is 6.54 Å². The van der Waals surface area contributed by atoms with Gasteiger partial charge in [0.05, 0.1) is 6.07 Å². The minimum Gasteiger partial charge on any atom is -0.350 e. The second-order valence-electron chi connectivity index (χ2n) is 4.83. The van der Waals surface area contributed by atoms with Crippen LogP contribution in [0.2, 0.25) is 0 Å². The van der Waals surface area contributed by atoms with Gasteiger partial charge >= 0.3 is 0 Å². The lowest BCUT2D eigenvalue weighted by Gasteiger charge is -2.10. The van der Waals surface area contributed by atoms with Crippen LogP contribution in [0, 0.1) is 23.2 Å². The van der Waals surface area contributed by atoms with E-state index in [1.54, 1.807) is 6.07 Å². The highest BCUT2D eigenvalue weighted by Crippen LogP contribution is 2.08. The summed E-state index contributed by atoms with van der Waals surface area (Å²) in [5, 5.41) is 11.6. The quantitative estimate of drug-likeness (QED) is 0.794. The first-order valence-corrected chi connectivity index (χ1v) is 6.28. The molecule has 100 valence electrons.